The predicted molar refractivity (Wildman–Crippen MR) is 161 cm³/mol. The number of hydrogen-bond donors (Lipinski definition) is 1. The molecule has 0 bridgehead atoms. The summed E-state index contributed by atoms with van der Waals surface area (Å²) in [4.78, 5) is 18.4. The van der Waals surface area contributed by atoms with Crippen molar-refractivity contribution in [2.75, 3.05) is 44.9 Å². The number of terminal acetylenes is 1. The molecule has 2 aromatic heterocycles. The Kier molecular flexibility index (Phi) is 7.23. The number of anilines is 1. The van der Waals surface area contributed by atoms with Gasteiger partial charge in [0.1, 0.15) is 23.6 Å². The Labute approximate surface area is 248 Å². The smallest absolute Gasteiger partial charge is 0.316 e. The molecule has 0 aliphatic carbocycles. The number of aromatic hydroxyl groups is 1. The molecule has 222 valence electrons. The fraction of sp³-hybridized carbons (Fsp3) is 0.424. The van der Waals surface area contributed by atoms with Crippen LogP contribution >= 0.6 is 0 Å². The van der Waals surface area contributed by atoms with Gasteiger partial charge in [0.05, 0.1) is 35.9 Å². The lowest BCUT2D eigenvalue weighted by Crippen LogP contribution is -2.60. The number of halogens is 2. The molecule has 0 amide bonds. The predicted octanol–water partition coefficient (Wildman–Crippen LogP) is 5.10. The summed E-state index contributed by atoms with van der Waals surface area (Å²) in [5.41, 5.74) is 1.83. The van der Waals surface area contributed by atoms with E-state index in [4.69, 9.17) is 20.9 Å². The Morgan fingerprint density at radius 2 is 2.05 bits per heavy atom. The van der Waals surface area contributed by atoms with Crippen LogP contribution in [0.1, 0.15) is 31.2 Å². The first-order valence-corrected chi connectivity index (χ1v) is 14.8. The maximum Gasteiger partial charge on any atom is 0.316 e. The zero-order valence-corrected chi connectivity index (χ0v) is 24.0. The fourth-order valence-electron chi connectivity index (χ4n) is 7.11. The fourth-order valence-corrected chi connectivity index (χ4v) is 7.11. The van der Waals surface area contributed by atoms with Crippen molar-refractivity contribution in [2.24, 2.45) is 5.92 Å². The highest BCUT2D eigenvalue weighted by atomic mass is 19.1. The molecule has 4 saturated heterocycles. The first-order valence-electron chi connectivity index (χ1n) is 14.8. The second-order valence-corrected chi connectivity index (χ2v) is 11.7. The molecule has 6 heterocycles. The van der Waals surface area contributed by atoms with Gasteiger partial charge in [0, 0.05) is 54.8 Å². The van der Waals surface area contributed by atoms with Crippen molar-refractivity contribution in [1.29, 1.82) is 0 Å². The molecule has 2 aromatic carbocycles. The Bertz CT molecular complexity index is 1730. The average Bonchev–Trinajstić information content (AvgIpc) is 3.58. The highest BCUT2D eigenvalue weighted by Crippen LogP contribution is 2.41. The van der Waals surface area contributed by atoms with Crippen LogP contribution in [0.2, 0.25) is 0 Å². The summed E-state index contributed by atoms with van der Waals surface area (Å²) in [7, 11) is 1.51. The van der Waals surface area contributed by atoms with Crippen molar-refractivity contribution in [3.8, 4) is 35.4 Å². The van der Waals surface area contributed by atoms with Gasteiger partial charge in [-0.1, -0.05) is 12.0 Å². The van der Waals surface area contributed by atoms with Gasteiger partial charge < -0.3 is 19.5 Å². The summed E-state index contributed by atoms with van der Waals surface area (Å²) >= 11 is 0. The van der Waals surface area contributed by atoms with E-state index < -0.39 is 12.0 Å². The van der Waals surface area contributed by atoms with E-state index in [0.717, 1.165) is 43.7 Å². The normalized spacial score (nSPS) is 24.6. The van der Waals surface area contributed by atoms with Crippen LogP contribution < -0.4 is 9.64 Å². The molecule has 10 heteroatoms. The maximum atomic E-state index is 14.6. The number of benzene rings is 2. The van der Waals surface area contributed by atoms with E-state index in [-0.39, 0.29) is 17.3 Å². The summed E-state index contributed by atoms with van der Waals surface area (Å²) < 4.78 is 38.1. The Hall–Kier alpha value is -4.07. The Balaban J connectivity index is 0.000000283. The average molecular weight is 586 g/mol. The molecule has 1 N–H and O–H groups in total. The summed E-state index contributed by atoms with van der Waals surface area (Å²) in [5.74, 6) is 3.20. The van der Waals surface area contributed by atoms with E-state index in [1.165, 1.54) is 26.0 Å². The van der Waals surface area contributed by atoms with Crippen LogP contribution in [0.15, 0.2) is 36.5 Å². The molecule has 43 heavy (non-hydrogen) atoms. The Morgan fingerprint density at radius 1 is 1.16 bits per heavy atom. The Morgan fingerprint density at radius 3 is 2.84 bits per heavy atom. The van der Waals surface area contributed by atoms with Crippen molar-refractivity contribution in [1.82, 2.24) is 19.9 Å². The van der Waals surface area contributed by atoms with Crippen LogP contribution in [0, 0.1) is 24.1 Å². The van der Waals surface area contributed by atoms with Gasteiger partial charge in [-0.2, -0.15) is 4.98 Å². The van der Waals surface area contributed by atoms with E-state index in [1.54, 1.807) is 30.5 Å². The molecule has 4 unspecified atom stereocenters. The SMILES string of the molecule is C#Cc1c(F)ccc2cc(O)cc(-c3cc4nc(OC)ncc4c(N4CC5COCCC54)n3)c12.FC1CC2CCCN2C1. The molecule has 4 fully saturated rings. The molecular weight excluding hydrogens is 552 g/mol. The topological polar surface area (TPSA) is 83.8 Å². The summed E-state index contributed by atoms with van der Waals surface area (Å²) in [6.07, 6.45) is 11.1. The van der Waals surface area contributed by atoms with Crippen LogP contribution in [-0.4, -0.2) is 83.2 Å². The standard InChI is InChI=1S/C26H21FN4O3.C7H12FN/c1-3-17-20(27)5-4-14-8-16(32)9-18(24(14)17)21-10-22-19(11-28-26(30-22)33-2)25(29-21)31-12-15-13-34-7-6-23(15)31;8-6-4-7-2-1-3-9(7)5-6/h1,4-5,8-11,15,23,32H,6-7,12-13H2,2H3;6-7H,1-5H2. The van der Waals surface area contributed by atoms with E-state index in [9.17, 15) is 13.9 Å². The monoisotopic (exact) mass is 585 g/mol. The number of alkyl halides is 1. The number of nitrogens with zero attached hydrogens (tertiary/aromatic N) is 5. The number of fused-ring (bicyclic) bond motifs is 4. The van der Waals surface area contributed by atoms with Crippen molar-refractivity contribution in [3.05, 3.63) is 47.9 Å². The lowest BCUT2D eigenvalue weighted by atomic mass is 9.85. The molecule has 0 saturated carbocycles. The van der Waals surface area contributed by atoms with Crippen molar-refractivity contribution >= 4 is 27.5 Å². The molecule has 4 aromatic rings. The minimum absolute atomic E-state index is 0.0363. The van der Waals surface area contributed by atoms with Crippen molar-refractivity contribution in [3.63, 3.8) is 0 Å². The zero-order valence-electron chi connectivity index (χ0n) is 24.0. The van der Waals surface area contributed by atoms with Gasteiger partial charge in [0.25, 0.3) is 0 Å². The van der Waals surface area contributed by atoms with Crippen LogP contribution in [0.4, 0.5) is 14.6 Å². The highest BCUT2D eigenvalue weighted by Gasteiger charge is 2.42. The third-order valence-electron chi connectivity index (χ3n) is 9.19. The zero-order chi connectivity index (χ0) is 29.7. The number of aromatic nitrogens is 3. The van der Waals surface area contributed by atoms with Gasteiger partial charge in [-0.25, -0.2) is 18.7 Å². The second kappa shape index (κ2) is 11.2. The molecule has 0 spiro atoms. The van der Waals surface area contributed by atoms with Crippen molar-refractivity contribution < 1.29 is 23.4 Å². The number of methoxy groups -OCH3 is 1. The molecular formula is C33H33F2N5O3. The van der Waals surface area contributed by atoms with Crippen LogP contribution in [0.25, 0.3) is 32.9 Å². The number of ether oxygens (including phenoxy) is 2. The number of phenols is 1. The van der Waals surface area contributed by atoms with E-state index >= 15 is 0 Å². The van der Waals surface area contributed by atoms with Gasteiger partial charge in [-0.05, 0) is 61.9 Å². The summed E-state index contributed by atoms with van der Waals surface area (Å²) in [5, 5.41) is 12.4. The van der Waals surface area contributed by atoms with Crippen LogP contribution in [0.5, 0.6) is 11.8 Å². The summed E-state index contributed by atoms with van der Waals surface area (Å²) in [6.45, 7) is 4.12. The second-order valence-electron chi connectivity index (χ2n) is 11.7. The van der Waals surface area contributed by atoms with Gasteiger partial charge in [-0.3, -0.25) is 4.90 Å². The van der Waals surface area contributed by atoms with Crippen LogP contribution in [-0.2, 0) is 4.74 Å². The minimum atomic E-state index is -0.518. The molecule has 8 rings (SSSR count). The molecule has 4 aliphatic heterocycles. The number of phenolic OH excluding ortho intramolecular Hbond substituents is 1. The van der Waals surface area contributed by atoms with E-state index in [0.29, 0.717) is 58.7 Å². The van der Waals surface area contributed by atoms with Gasteiger partial charge in [0.2, 0.25) is 0 Å². The van der Waals surface area contributed by atoms with Crippen molar-refractivity contribution in [2.45, 2.75) is 43.9 Å². The number of rotatable bonds is 3. The lowest BCUT2D eigenvalue weighted by Gasteiger charge is -2.51. The van der Waals surface area contributed by atoms with Gasteiger partial charge in [0.15, 0.2) is 0 Å². The molecule has 0 radical (unpaired) electrons. The maximum absolute atomic E-state index is 14.6. The van der Waals surface area contributed by atoms with Crippen LogP contribution in [0.3, 0.4) is 0 Å². The first kappa shape index (κ1) is 27.7. The number of pyridine rings is 1. The third-order valence-corrected chi connectivity index (χ3v) is 9.19. The van der Waals surface area contributed by atoms with Gasteiger partial charge in [-0.15, -0.1) is 6.42 Å². The number of hydrogen-bond acceptors (Lipinski definition) is 8. The molecule has 4 atom stereocenters. The quantitative estimate of drug-likeness (QED) is 0.333. The largest absolute Gasteiger partial charge is 0.508 e. The van der Waals surface area contributed by atoms with E-state index in [2.05, 4.69) is 25.7 Å². The third kappa shape index (κ3) is 5.00. The first-order chi connectivity index (χ1) is 20.9. The lowest BCUT2D eigenvalue weighted by molar-refractivity contribution is 0.0134. The van der Waals surface area contributed by atoms with E-state index in [1.807, 2.05) is 0 Å². The summed E-state index contributed by atoms with van der Waals surface area (Å²) in [6, 6.07) is 9.00. The van der Waals surface area contributed by atoms with Gasteiger partial charge >= 0.3 is 6.01 Å². The molecule has 8 nitrogen and oxygen atoms in total. The highest BCUT2D eigenvalue weighted by molar-refractivity contribution is 6.03. The molecule has 4 aliphatic rings. The minimum Gasteiger partial charge on any atom is -0.508 e.